The third-order valence-corrected chi connectivity index (χ3v) is 5.37. The molecule has 0 bridgehead atoms. The number of hydrogen-bond donors (Lipinski definition) is 2. The van der Waals surface area contributed by atoms with Crippen molar-refractivity contribution in [3.05, 3.63) is 11.6 Å². The van der Waals surface area contributed by atoms with Crippen LogP contribution in [0.15, 0.2) is 11.6 Å². The maximum absolute atomic E-state index is 11.2. The summed E-state index contributed by atoms with van der Waals surface area (Å²) in [4.78, 5) is 0. The molecule has 0 saturated heterocycles. The van der Waals surface area contributed by atoms with E-state index in [0.29, 0.717) is 0 Å². The summed E-state index contributed by atoms with van der Waals surface area (Å²) < 4.78 is 0. The molecule has 0 saturated carbocycles. The highest BCUT2D eigenvalue weighted by Gasteiger charge is 2.64. The van der Waals surface area contributed by atoms with E-state index in [1.54, 1.807) is 0 Å². The third-order valence-electron chi connectivity index (χ3n) is 5.37. The van der Waals surface area contributed by atoms with Gasteiger partial charge >= 0.3 is 0 Å². The Morgan fingerprint density at radius 3 is 1.70 bits per heavy atom. The van der Waals surface area contributed by atoms with Crippen LogP contribution in [0.5, 0.6) is 0 Å². The predicted molar refractivity (Wildman–Crippen MR) is 85.5 cm³/mol. The van der Waals surface area contributed by atoms with Crippen LogP contribution < -0.4 is 0 Å². The Morgan fingerprint density at radius 2 is 1.40 bits per heavy atom. The van der Waals surface area contributed by atoms with Gasteiger partial charge in [-0.2, -0.15) is 0 Å². The van der Waals surface area contributed by atoms with Gasteiger partial charge in [-0.25, -0.2) is 0 Å². The molecule has 0 heterocycles. The molecule has 2 heteroatoms. The first-order chi connectivity index (χ1) is 8.73. The summed E-state index contributed by atoms with van der Waals surface area (Å²) in [5.41, 5.74) is -0.272. The molecule has 2 N–H and O–H groups in total. The van der Waals surface area contributed by atoms with Crippen LogP contribution in [0, 0.1) is 21.7 Å². The standard InChI is InChI=1S/C18H34O2/c1-10-12-11-17(8,9)14(20)18(13(12)19,15(2,3)4)16(5,6)7/h11,13-14,19-20H,10H2,1-9H3. The summed E-state index contributed by atoms with van der Waals surface area (Å²) >= 11 is 0. The van der Waals surface area contributed by atoms with Crippen molar-refractivity contribution in [3.63, 3.8) is 0 Å². The van der Waals surface area contributed by atoms with Crippen LogP contribution in [-0.2, 0) is 0 Å². The number of hydrogen-bond acceptors (Lipinski definition) is 2. The van der Waals surface area contributed by atoms with Gasteiger partial charge in [0.2, 0.25) is 0 Å². The van der Waals surface area contributed by atoms with Crippen LogP contribution >= 0.6 is 0 Å². The van der Waals surface area contributed by atoms with E-state index >= 15 is 0 Å². The molecule has 2 nitrogen and oxygen atoms in total. The van der Waals surface area contributed by atoms with Gasteiger partial charge in [0.1, 0.15) is 0 Å². The van der Waals surface area contributed by atoms with Crippen LogP contribution in [0.2, 0.25) is 0 Å². The Labute approximate surface area is 125 Å². The zero-order valence-corrected chi connectivity index (χ0v) is 14.8. The molecule has 1 aliphatic rings. The van der Waals surface area contributed by atoms with Crippen molar-refractivity contribution in [1.29, 1.82) is 0 Å². The van der Waals surface area contributed by atoms with Crippen molar-refractivity contribution in [2.75, 3.05) is 0 Å². The third kappa shape index (κ3) is 2.25. The molecule has 0 aliphatic heterocycles. The fraction of sp³-hybridized carbons (Fsp3) is 0.889. The molecule has 1 rings (SSSR count). The molecule has 0 aromatic rings. The molecule has 2 atom stereocenters. The summed E-state index contributed by atoms with van der Waals surface area (Å²) in [6, 6.07) is 0. The Morgan fingerprint density at radius 1 is 1.00 bits per heavy atom. The highest BCUT2D eigenvalue weighted by Crippen LogP contribution is 2.63. The normalized spacial score (nSPS) is 30.1. The average molecular weight is 282 g/mol. The van der Waals surface area contributed by atoms with Gasteiger partial charge in [0.05, 0.1) is 12.2 Å². The highest BCUT2D eigenvalue weighted by atomic mass is 16.3. The molecule has 20 heavy (non-hydrogen) atoms. The van der Waals surface area contributed by atoms with Crippen molar-refractivity contribution in [2.45, 2.75) is 80.9 Å². The summed E-state index contributed by atoms with van der Waals surface area (Å²) in [5.74, 6) is 0. The van der Waals surface area contributed by atoms with Crippen molar-refractivity contribution >= 4 is 0 Å². The first-order valence-corrected chi connectivity index (χ1v) is 7.81. The SMILES string of the molecule is CCC1=CC(C)(C)C(O)C(C(C)(C)C)(C(C)(C)C)C1O. The maximum Gasteiger partial charge on any atom is 0.0841 e. The minimum Gasteiger partial charge on any atom is -0.392 e. The van der Waals surface area contributed by atoms with E-state index in [0.717, 1.165) is 12.0 Å². The molecule has 2 unspecified atom stereocenters. The second-order valence-electron chi connectivity index (χ2n) is 9.07. The Hall–Kier alpha value is -0.340. The number of aliphatic hydroxyl groups is 2. The monoisotopic (exact) mass is 282 g/mol. The lowest BCUT2D eigenvalue weighted by molar-refractivity contribution is -0.216. The smallest absolute Gasteiger partial charge is 0.0841 e. The topological polar surface area (TPSA) is 40.5 Å². The molecule has 1 aliphatic carbocycles. The van der Waals surface area contributed by atoms with Crippen molar-refractivity contribution < 1.29 is 10.2 Å². The van der Waals surface area contributed by atoms with E-state index in [-0.39, 0.29) is 16.2 Å². The van der Waals surface area contributed by atoms with Crippen molar-refractivity contribution in [3.8, 4) is 0 Å². The average Bonchev–Trinajstić information content (AvgIpc) is 2.20. The van der Waals surface area contributed by atoms with E-state index in [1.165, 1.54) is 0 Å². The van der Waals surface area contributed by atoms with Crippen molar-refractivity contribution in [2.24, 2.45) is 21.7 Å². The zero-order valence-electron chi connectivity index (χ0n) is 14.8. The van der Waals surface area contributed by atoms with Gasteiger partial charge in [-0.1, -0.05) is 68.4 Å². The largest absolute Gasteiger partial charge is 0.392 e. The molecule has 0 fully saturated rings. The molecule has 0 aromatic carbocycles. The summed E-state index contributed by atoms with van der Waals surface area (Å²) in [5, 5.41) is 22.3. The predicted octanol–water partition coefficient (Wildman–Crippen LogP) is 4.16. The van der Waals surface area contributed by atoms with E-state index < -0.39 is 17.6 Å². The first kappa shape index (κ1) is 17.7. The number of rotatable bonds is 1. The number of aliphatic hydroxyl groups excluding tert-OH is 2. The maximum atomic E-state index is 11.2. The Kier molecular flexibility index (Phi) is 4.29. The Balaban J connectivity index is 3.71. The van der Waals surface area contributed by atoms with Gasteiger partial charge in [0.15, 0.2) is 0 Å². The highest BCUT2D eigenvalue weighted by molar-refractivity contribution is 5.29. The van der Waals surface area contributed by atoms with Gasteiger partial charge in [0, 0.05) is 10.8 Å². The molecule has 0 spiro atoms. The summed E-state index contributed by atoms with van der Waals surface area (Å²) in [6.45, 7) is 19.1. The van der Waals surface area contributed by atoms with Crippen molar-refractivity contribution in [1.82, 2.24) is 0 Å². The van der Waals surface area contributed by atoms with Crippen LogP contribution in [0.3, 0.4) is 0 Å². The van der Waals surface area contributed by atoms with Gasteiger partial charge in [-0.3, -0.25) is 0 Å². The van der Waals surface area contributed by atoms with E-state index in [4.69, 9.17) is 0 Å². The van der Waals surface area contributed by atoms with E-state index in [2.05, 4.69) is 68.4 Å². The minimum absolute atomic E-state index is 0.212. The lowest BCUT2D eigenvalue weighted by Crippen LogP contribution is -2.66. The molecular formula is C18H34O2. The molecule has 0 radical (unpaired) electrons. The Bertz CT molecular complexity index is 377. The van der Waals surface area contributed by atoms with Crippen LogP contribution in [0.4, 0.5) is 0 Å². The second-order valence-corrected chi connectivity index (χ2v) is 9.07. The van der Waals surface area contributed by atoms with E-state index in [9.17, 15) is 10.2 Å². The minimum atomic E-state index is -0.601. The lowest BCUT2D eigenvalue weighted by atomic mass is 9.43. The second kappa shape index (κ2) is 4.84. The first-order valence-electron chi connectivity index (χ1n) is 7.81. The van der Waals surface area contributed by atoms with Crippen LogP contribution in [0.1, 0.15) is 68.7 Å². The van der Waals surface area contributed by atoms with Gasteiger partial charge in [-0.05, 0) is 22.8 Å². The van der Waals surface area contributed by atoms with Crippen LogP contribution in [-0.4, -0.2) is 22.4 Å². The summed E-state index contributed by atoms with van der Waals surface area (Å²) in [7, 11) is 0. The fourth-order valence-corrected chi connectivity index (χ4v) is 4.73. The van der Waals surface area contributed by atoms with Gasteiger partial charge < -0.3 is 10.2 Å². The summed E-state index contributed by atoms with van der Waals surface area (Å²) in [6.07, 6.45) is 1.72. The van der Waals surface area contributed by atoms with E-state index in [1.807, 2.05) is 0 Å². The van der Waals surface area contributed by atoms with Crippen LogP contribution in [0.25, 0.3) is 0 Å². The molecule has 0 aromatic heterocycles. The quantitative estimate of drug-likeness (QED) is 0.709. The lowest BCUT2D eigenvalue weighted by Gasteiger charge is -2.63. The fourth-order valence-electron chi connectivity index (χ4n) is 4.73. The van der Waals surface area contributed by atoms with Gasteiger partial charge in [-0.15, -0.1) is 0 Å². The van der Waals surface area contributed by atoms with Gasteiger partial charge in [0.25, 0.3) is 0 Å². The molecular weight excluding hydrogens is 248 g/mol. The zero-order chi connectivity index (χ0) is 16.1. The molecule has 0 amide bonds. The molecule has 118 valence electrons.